The number of esters is 1. The van der Waals surface area contributed by atoms with Gasteiger partial charge in [-0.2, -0.15) is 0 Å². The third kappa shape index (κ3) is 3.25. The molecular formula is C11H14O4. The van der Waals surface area contributed by atoms with Crippen molar-refractivity contribution in [3.05, 3.63) is 29.8 Å². The monoisotopic (exact) mass is 210 g/mol. The van der Waals surface area contributed by atoms with Crippen LogP contribution in [0.3, 0.4) is 0 Å². The predicted octanol–water partition coefficient (Wildman–Crippen LogP) is 1.29. The molecule has 0 saturated carbocycles. The molecule has 1 atom stereocenters. The number of aliphatic hydroxyl groups is 1. The number of carbonyl (C=O) groups excluding carboxylic acids is 1. The summed E-state index contributed by atoms with van der Waals surface area (Å²) in [5.41, 5.74) is 0.639. The molecular weight excluding hydrogens is 196 g/mol. The van der Waals surface area contributed by atoms with E-state index >= 15 is 0 Å². The van der Waals surface area contributed by atoms with Crippen molar-refractivity contribution in [1.29, 1.82) is 0 Å². The molecule has 1 rings (SSSR count). The lowest BCUT2D eigenvalue weighted by atomic mass is 10.1. The van der Waals surface area contributed by atoms with Gasteiger partial charge in [-0.15, -0.1) is 0 Å². The topological polar surface area (TPSA) is 55.8 Å². The van der Waals surface area contributed by atoms with Crippen LogP contribution in [-0.4, -0.2) is 25.3 Å². The lowest BCUT2D eigenvalue weighted by Gasteiger charge is -2.10. The highest BCUT2D eigenvalue weighted by atomic mass is 16.5. The molecule has 4 heteroatoms. The Bertz CT molecular complexity index is 335. The summed E-state index contributed by atoms with van der Waals surface area (Å²) in [5, 5.41) is 9.69. The number of rotatable bonds is 4. The van der Waals surface area contributed by atoms with Gasteiger partial charge in [0.15, 0.2) is 0 Å². The second-order valence-electron chi connectivity index (χ2n) is 3.07. The van der Waals surface area contributed by atoms with Crippen LogP contribution in [0.5, 0.6) is 5.75 Å². The largest absolute Gasteiger partial charge is 0.497 e. The van der Waals surface area contributed by atoms with Crippen molar-refractivity contribution < 1.29 is 19.4 Å². The molecule has 0 saturated heterocycles. The van der Waals surface area contributed by atoms with Crippen LogP contribution in [0.1, 0.15) is 18.1 Å². The van der Waals surface area contributed by atoms with Gasteiger partial charge in [-0.1, -0.05) is 12.1 Å². The van der Waals surface area contributed by atoms with Gasteiger partial charge in [0.05, 0.1) is 26.7 Å². The molecule has 0 fully saturated rings. The first-order chi connectivity index (χ1) is 7.17. The van der Waals surface area contributed by atoms with Crippen molar-refractivity contribution in [2.45, 2.75) is 12.5 Å². The van der Waals surface area contributed by atoms with E-state index in [9.17, 15) is 9.90 Å². The van der Waals surface area contributed by atoms with E-state index in [0.29, 0.717) is 11.3 Å². The van der Waals surface area contributed by atoms with Crippen LogP contribution >= 0.6 is 0 Å². The normalized spacial score (nSPS) is 11.9. The van der Waals surface area contributed by atoms with Crippen molar-refractivity contribution >= 4 is 5.97 Å². The average Bonchev–Trinajstić information content (AvgIpc) is 2.28. The standard InChI is InChI=1S/C11H14O4/c1-14-9-5-3-4-8(6-9)10(12)7-11(13)15-2/h3-6,10,12H,7H2,1-2H3. The first-order valence-corrected chi connectivity index (χ1v) is 4.56. The fraction of sp³-hybridized carbons (Fsp3) is 0.364. The number of hydrogen-bond acceptors (Lipinski definition) is 4. The fourth-order valence-electron chi connectivity index (χ4n) is 1.21. The van der Waals surface area contributed by atoms with Crippen LogP contribution < -0.4 is 4.74 Å². The minimum absolute atomic E-state index is 0.0519. The Morgan fingerprint density at radius 3 is 2.80 bits per heavy atom. The van der Waals surface area contributed by atoms with Gasteiger partial charge in [0, 0.05) is 0 Å². The van der Waals surface area contributed by atoms with Gasteiger partial charge in [-0.25, -0.2) is 0 Å². The molecule has 1 N–H and O–H groups in total. The summed E-state index contributed by atoms with van der Waals surface area (Å²) in [5.74, 6) is 0.210. The Hall–Kier alpha value is -1.55. The maximum absolute atomic E-state index is 10.9. The average molecular weight is 210 g/mol. The SMILES string of the molecule is COC(=O)CC(O)c1cccc(OC)c1. The Morgan fingerprint density at radius 2 is 2.20 bits per heavy atom. The van der Waals surface area contributed by atoms with E-state index in [1.165, 1.54) is 7.11 Å². The minimum Gasteiger partial charge on any atom is -0.497 e. The van der Waals surface area contributed by atoms with Gasteiger partial charge in [-0.3, -0.25) is 4.79 Å². The number of aliphatic hydroxyl groups excluding tert-OH is 1. The third-order valence-corrected chi connectivity index (χ3v) is 2.07. The molecule has 1 unspecified atom stereocenters. The zero-order valence-electron chi connectivity index (χ0n) is 8.77. The maximum Gasteiger partial charge on any atom is 0.308 e. The molecule has 0 aliphatic heterocycles. The van der Waals surface area contributed by atoms with Gasteiger partial charge >= 0.3 is 5.97 Å². The molecule has 0 radical (unpaired) electrons. The smallest absolute Gasteiger partial charge is 0.308 e. The van der Waals surface area contributed by atoms with Crippen molar-refractivity contribution in [3.63, 3.8) is 0 Å². The Labute approximate surface area is 88.4 Å². The van der Waals surface area contributed by atoms with E-state index in [2.05, 4.69) is 4.74 Å². The Balaban J connectivity index is 2.72. The van der Waals surface area contributed by atoms with Gasteiger partial charge < -0.3 is 14.6 Å². The summed E-state index contributed by atoms with van der Waals surface area (Å²) in [6, 6.07) is 6.95. The number of carbonyl (C=O) groups is 1. The van der Waals surface area contributed by atoms with Crippen LogP contribution in [0.15, 0.2) is 24.3 Å². The molecule has 0 aromatic heterocycles. The number of hydrogen-bond donors (Lipinski definition) is 1. The van der Waals surface area contributed by atoms with E-state index in [-0.39, 0.29) is 6.42 Å². The summed E-state index contributed by atoms with van der Waals surface area (Å²) >= 11 is 0. The van der Waals surface area contributed by atoms with Crippen LogP contribution in [0, 0.1) is 0 Å². The zero-order valence-corrected chi connectivity index (χ0v) is 8.77. The van der Waals surface area contributed by atoms with E-state index in [0.717, 1.165) is 0 Å². The zero-order chi connectivity index (χ0) is 11.3. The van der Waals surface area contributed by atoms with Crippen molar-refractivity contribution in [2.24, 2.45) is 0 Å². The lowest BCUT2D eigenvalue weighted by Crippen LogP contribution is -2.08. The summed E-state index contributed by atoms with van der Waals surface area (Å²) < 4.78 is 9.48. The molecule has 0 amide bonds. The van der Waals surface area contributed by atoms with Crippen LogP contribution in [0.25, 0.3) is 0 Å². The molecule has 15 heavy (non-hydrogen) atoms. The molecule has 0 bridgehead atoms. The van der Waals surface area contributed by atoms with E-state index in [1.54, 1.807) is 31.4 Å². The van der Waals surface area contributed by atoms with E-state index < -0.39 is 12.1 Å². The summed E-state index contributed by atoms with van der Waals surface area (Å²) in [4.78, 5) is 10.9. The summed E-state index contributed by atoms with van der Waals surface area (Å²) in [7, 11) is 2.84. The van der Waals surface area contributed by atoms with Crippen LogP contribution in [0.2, 0.25) is 0 Å². The number of benzene rings is 1. The highest BCUT2D eigenvalue weighted by Gasteiger charge is 2.13. The highest BCUT2D eigenvalue weighted by molar-refractivity contribution is 5.70. The van der Waals surface area contributed by atoms with E-state index in [4.69, 9.17) is 4.74 Å². The number of ether oxygens (including phenoxy) is 2. The lowest BCUT2D eigenvalue weighted by molar-refractivity contribution is -0.142. The molecule has 0 spiro atoms. The van der Waals surface area contributed by atoms with Crippen molar-refractivity contribution in [2.75, 3.05) is 14.2 Å². The molecule has 4 nitrogen and oxygen atoms in total. The minimum atomic E-state index is -0.854. The van der Waals surface area contributed by atoms with Gasteiger partial charge in [0.1, 0.15) is 5.75 Å². The molecule has 0 heterocycles. The predicted molar refractivity (Wildman–Crippen MR) is 54.6 cm³/mol. The number of methoxy groups -OCH3 is 2. The van der Waals surface area contributed by atoms with Gasteiger partial charge in [0.2, 0.25) is 0 Å². The van der Waals surface area contributed by atoms with Crippen molar-refractivity contribution in [1.82, 2.24) is 0 Å². The molecule has 0 aliphatic rings. The first kappa shape index (κ1) is 11.5. The fourth-order valence-corrected chi connectivity index (χ4v) is 1.21. The maximum atomic E-state index is 10.9. The highest BCUT2D eigenvalue weighted by Crippen LogP contribution is 2.21. The molecule has 0 aliphatic carbocycles. The Kier molecular flexibility index (Phi) is 4.12. The second kappa shape index (κ2) is 5.36. The van der Waals surface area contributed by atoms with E-state index in [1.807, 2.05) is 0 Å². The van der Waals surface area contributed by atoms with Gasteiger partial charge in [-0.05, 0) is 17.7 Å². The molecule has 82 valence electrons. The van der Waals surface area contributed by atoms with Crippen LogP contribution in [0.4, 0.5) is 0 Å². The second-order valence-corrected chi connectivity index (χ2v) is 3.07. The Morgan fingerprint density at radius 1 is 1.47 bits per heavy atom. The summed E-state index contributed by atoms with van der Waals surface area (Å²) in [6.45, 7) is 0. The third-order valence-electron chi connectivity index (χ3n) is 2.07. The molecule has 1 aromatic rings. The van der Waals surface area contributed by atoms with Crippen LogP contribution in [-0.2, 0) is 9.53 Å². The van der Waals surface area contributed by atoms with Gasteiger partial charge in [0.25, 0.3) is 0 Å². The first-order valence-electron chi connectivity index (χ1n) is 4.56. The quantitative estimate of drug-likeness (QED) is 0.761. The van der Waals surface area contributed by atoms with Crippen molar-refractivity contribution in [3.8, 4) is 5.75 Å². The molecule has 1 aromatic carbocycles. The summed E-state index contributed by atoms with van der Waals surface area (Å²) in [6.07, 6.45) is -0.906.